The second-order valence-electron chi connectivity index (χ2n) is 5.67. The van der Waals surface area contributed by atoms with Gasteiger partial charge in [-0.2, -0.15) is 0 Å². The van der Waals surface area contributed by atoms with Crippen molar-refractivity contribution in [3.8, 4) is 5.75 Å². The van der Waals surface area contributed by atoms with E-state index in [9.17, 15) is 9.59 Å². The van der Waals surface area contributed by atoms with E-state index in [0.29, 0.717) is 23.1 Å². The Hall–Kier alpha value is -3.02. The van der Waals surface area contributed by atoms with Crippen LogP contribution >= 0.6 is 0 Å². The molecule has 2 aromatic carbocycles. The van der Waals surface area contributed by atoms with E-state index in [1.165, 1.54) is 9.13 Å². The van der Waals surface area contributed by atoms with Gasteiger partial charge in [-0.3, -0.25) is 9.36 Å². The number of carbonyl (C=O) groups excluding carboxylic acids is 1. The molecule has 0 fully saturated rings. The summed E-state index contributed by atoms with van der Waals surface area (Å²) in [5, 5.41) is 0. The molecule has 6 heteroatoms. The molecule has 0 atom stereocenters. The highest BCUT2D eigenvalue weighted by molar-refractivity contribution is 5.91. The standard InChI is InChI=1S/C18H19N3O3/c1-20-15-8-7-13(19)11-16(15)21(18(20)23)17(22)9-6-12-4-3-5-14(10-12)24-2/h3-5,7-8,10-11H,6,9,19H2,1-2H3. The summed E-state index contributed by atoms with van der Waals surface area (Å²) < 4.78 is 7.84. The van der Waals surface area contributed by atoms with Gasteiger partial charge in [-0.15, -0.1) is 0 Å². The van der Waals surface area contributed by atoms with Gasteiger partial charge in [0, 0.05) is 19.2 Å². The smallest absolute Gasteiger partial charge is 0.335 e. The van der Waals surface area contributed by atoms with E-state index in [1.54, 1.807) is 32.4 Å². The van der Waals surface area contributed by atoms with E-state index >= 15 is 0 Å². The van der Waals surface area contributed by atoms with Crippen LogP contribution in [0.2, 0.25) is 0 Å². The van der Waals surface area contributed by atoms with Crippen LogP contribution in [0, 0.1) is 0 Å². The molecule has 1 heterocycles. The maximum atomic E-state index is 12.6. The van der Waals surface area contributed by atoms with Gasteiger partial charge in [0.15, 0.2) is 0 Å². The third-order valence-corrected chi connectivity index (χ3v) is 4.09. The highest BCUT2D eigenvalue weighted by Gasteiger charge is 2.16. The molecule has 0 radical (unpaired) electrons. The lowest BCUT2D eigenvalue weighted by molar-refractivity contribution is 0.0903. The van der Waals surface area contributed by atoms with E-state index < -0.39 is 0 Å². The van der Waals surface area contributed by atoms with Crippen LogP contribution in [0.5, 0.6) is 5.75 Å². The molecule has 24 heavy (non-hydrogen) atoms. The van der Waals surface area contributed by atoms with E-state index in [4.69, 9.17) is 10.5 Å². The second-order valence-corrected chi connectivity index (χ2v) is 5.67. The van der Waals surface area contributed by atoms with Crippen LogP contribution in [-0.4, -0.2) is 22.2 Å². The van der Waals surface area contributed by atoms with Crippen LogP contribution < -0.4 is 16.2 Å². The number of fused-ring (bicyclic) bond motifs is 1. The zero-order valence-corrected chi connectivity index (χ0v) is 13.7. The Morgan fingerprint density at radius 1 is 1.17 bits per heavy atom. The van der Waals surface area contributed by atoms with E-state index in [2.05, 4.69) is 0 Å². The van der Waals surface area contributed by atoms with E-state index in [-0.39, 0.29) is 18.0 Å². The molecule has 0 aliphatic rings. The molecule has 6 nitrogen and oxygen atoms in total. The van der Waals surface area contributed by atoms with Crippen molar-refractivity contribution in [3.63, 3.8) is 0 Å². The van der Waals surface area contributed by atoms with Gasteiger partial charge in [0.2, 0.25) is 5.91 Å². The third kappa shape index (κ3) is 2.78. The molecule has 0 aliphatic carbocycles. The molecule has 2 N–H and O–H groups in total. The summed E-state index contributed by atoms with van der Waals surface area (Å²) in [6, 6.07) is 12.7. The summed E-state index contributed by atoms with van der Waals surface area (Å²) in [4.78, 5) is 25.0. The summed E-state index contributed by atoms with van der Waals surface area (Å²) in [5.74, 6) is 0.495. The summed E-state index contributed by atoms with van der Waals surface area (Å²) >= 11 is 0. The van der Waals surface area contributed by atoms with Crippen molar-refractivity contribution in [2.75, 3.05) is 12.8 Å². The number of carbonyl (C=O) groups is 1. The number of nitrogen functional groups attached to an aromatic ring is 1. The molecule has 124 valence electrons. The van der Waals surface area contributed by atoms with Crippen LogP contribution in [0.15, 0.2) is 47.3 Å². The first kappa shape index (κ1) is 15.9. The molecule has 1 aromatic heterocycles. The first-order valence-corrected chi connectivity index (χ1v) is 7.64. The van der Waals surface area contributed by atoms with Crippen LogP contribution in [0.4, 0.5) is 5.69 Å². The number of imidazole rings is 1. The summed E-state index contributed by atoms with van der Waals surface area (Å²) in [7, 11) is 3.25. The molecule has 0 bridgehead atoms. The Labute approximate surface area is 139 Å². The molecule has 0 unspecified atom stereocenters. The molecule has 3 rings (SSSR count). The fraction of sp³-hybridized carbons (Fsp3) is 0.222. The number of hydrogen-bond donors (Lipinski definition) is 1. The quantitative estimate of drug-likeness (QED) is 0.746. The lowest BCUT2D eigenvalue weighted by Gasteiger charge is -2.05. The Balaban J connectivity index is 1.90. The largest absolute Gasteiger partial charge is 0.497 e. The van der Waals surface area contributed by atoms with Gasteiger partial charge >= 0.3 is 5.69 Å². The molecule has 0 spiro atoms. The lowest BCUT2D eigenvalue weighted by atomic mass is 10.1. The summed E-state index contributed by atoms with van der Waals surface area (Å²) in [6.07, 6.45) is 0.752. The number of rotatable bonds is 4. The SMILES string of the molecule is COc1cccc(CCC(=O)n2c(=O)n(C)c3ccc(N)cc32)c1. The molecule has 3 aromatic rings. The summed E-state index contributed by atoms with van der Waals surface area (Å²) in [6.45, 7) is 0. The first-order valence-electron chi connectivity index (χ1n) is 7.64. The van der Waals surface area contributed by atoms with E-state index in [1.807, 2.05) is 24.3 Å². The van der Waals surface area contributed by atoms with Gasteiger partial charge in [-0.1, -0.05) is 12.1 Å². The van der Waals surface area contributed by atoms with Gasteiger partial charge in [0.05, 0.1) is 18.1 Å². The average Bonchev–Trinajstić information content (AvgIpc) is 2.83. The number of methoxy groups -OCH3 is 1. The first-order chi connectivity index (χ1) is 11.5. The van der Waals surface area contributed by atoms with Crippen molar-refractivity contribution in [2.45, 2.75) is 12.8 Å². The van der Waals surface area contributed by atoms with Crippen molar-refractivity contribution in [1.29, 1.82) is 0 Å². The van der Waals surface area contributed by atoms with Crippen molar-refractivity contribution < 1.29 is 9.53 Å². The highest BCUT2D eigenvalue weighted by Crippen LogP contribution is 2.18. The minimum Gasteiger partial charge on any atom is -0.497 e. The number of anilines is 1. The van der Waals surface area contributed by atoms with Gasteiger partial charge in [-0.25, -0.2) is 9.36 Å². The highest BCUT2D eigenvalue weighted by atomic mass is 16.5. The second kappa shape index (κ2) is 6.23. The van der Waals surface area contributed by atoms with Crippen LogP contribution in [0.3, 0.4) is 0 Å². The number of hydrogen-bond acceptors (Lipinski definition) is 4. The Morgan fingerprint density at radius 2 is 1.96 bits per heavy atom. The van der Waals surface area contributed by atoms with Crippen LogP contribution in [-0.2, 0) is 13.5 Å². The zero-order valence-electron chi connectivity index (χ0n) is 13.7. The number of benzene rings is 2. The van der Waals surface area contributed by atoms with Crippen molar-refractivity contribution in [3.05, 3.63) is 58.5 Å². The predicted molar refractivity (Wildman–Crippen MR) is 93.5 cm³/mol. The Morgan fingerprint density at radius 3 is 2.71 bits per heavy atom. The predicted octanol–water partition coefficient (Wildman–Crippen LogP) is 2.20. The Bertz CT molecular complexity index is 969. The van der Waals surface area contributed by atoms with Crippen molar-refractivity contribution >= 4 is 22.6 Å². The fourth-order valence-electron chi connectivity index (χ4n) is 2.79. The van der Waals surface area contributed by atoms with Crippen LogP contribution in [0.25, 0.3) is 11.0 Å². The molecule has 0 amide bonds. The maximum absolute atomic E-state index is 12.6. The number of nitrogens with zero attached hydrogens (tertiary/aromatic N) is 2. The molecular weight excluding hydrogens is 306 g/mol. The number of aromatic nitrogens is 2. The third-order valence-electron chi connectivity index (χ3n) is 4.09. The fourth-order valence-corrected chi connectivity index (χ4v) is 2.79. The molecule has 0 saturated heterocycles. The molecule has 0 aliphatic heterocycles. The van der Waals surface area contributed by atoms with E-state index in [0.717, 1.165) is 11.3 Å². The van der Waals surface area contributed by atoms with Crippen molar-refractivity contribution in [1.82, 2.24) is 9.13 Å². The lowest BCUT2D eigenvalue weighted by Crippen LogP contribution is -2.27. The van der Waals surface area contributed by atoms with Gasteiger partial charge < -0.3 is 10.5 Å². The zero-order chi connectivity index (χ0) is 17.3. The Kier molecular flexibility index (Phi) is 4.12. The van der Waals surface area contributed by atoms with Gasteiger partial charge in [0.1, 0.15) is 5.75 Å². The number of ether oxygens (including phenoxy) is 1. The molecular formula is C18H19N3O3. The van der Waals surface area contributed by atoms with Crippen molar-refractivity contribution in [2.24, 2.45) is 7.05 Å². The van der Waals surface area contributed by atoms with Gasteiger partial charge in [-0.05, 0) is 42.3 Å². The normalized spacial score (nSPS) is 10.9. The molecule has 0 saturated carbocycles. The average molecular weight is 325 g/mol. The maximum Gasteiger partial charge on any atom is 0.335 e. The van der Waals surface area contributed by atoms with Crippen LogP contribution in [0.1, 0.15) is 16.8 Å². The summed E-state index contributed by atoms with van der Waals surface area (Å²) in [5.41, 5.74) is 8.17. The number of nitrogens with two attached hydrogens (primary N) is 1. The minimum absolute atomic E-state index is 0.223. The topological polar surface area (TPSA) is 79.2 Å². The van der Waals surface area contributed by atoms with Gasteiger partial charge in [0.25, 0.3) is 0 Å². The minimum atomic E-state index is -0.355. The number of aryl methyl sites for hydroxylation is 2. The monoisotopic (exact) mass is 325 g/mol.